The van der Waals surface area contributed by atoms with Gasteiger partial charge in [0.05, 0.1) is 25.4 Å². The lowest BCUT2D eigenvalue weighted by atomic mass is 10.1. The van der Waals surface area contributed by atoms with E-state index < -0.39 is 0 Å². The fraction of sp³-hybridized carbons (Fsp3) is 0.167. The molecule has 0 saturated carbocycles. The number of aromatic nitrogens is 3. The van der Waals surface area contributed by atoms with Gasteiger partial charge in [0, 0.05) is 29.8 Å². The van der Waals surface area contributed by atoms with Gasteiger partial charge in [-0.1, -0.05) is 0 Å². The van der Waals surface area contributed by atoms with Gasteiger partial charge in [-0.15, -0.1) is 0 Å². The second-order valence-electron chi connectivity index (χ2n) is 5.60. The first-order valence-corrected chi connectivity index (χ1v) is 7.61. The van der Waals surface area contributed by atoms with Gasteiger partial charge in [-0.05, 0) is 13.0 Å². The highest BCUT2D eigenvalue weighted by atomic mass is 16.5. The zero-order chi connectivity index (χ0) is 17.6. The molecule has 0 atom stereocenters. The number of pyridine rings is 1. The normalized spacial score (nSPS) is 11.2. The van der Waals surface area contributed by atoms with Crippen molar-refractivity contribution in [2.75, 3.05) is 14.2 Å². The van der Waals surface area contributed by atoms with E-state index in [1.807, 2.05) is 6.92 Å². The molecule has 0 radical (unpaired) electrons. The second-order valence-corrected chi connectivity index (χ2v) is 5.60. The number of ether oxygens (including phenoxy) is 2. The third-order valence-corrected chi connectivity index (χ3v) is 4.11. The summed E-state index contributed by atoms with van der Waals surface area (Å²) in [6.07, 6.45) is 1.71. The van der Waals surface area contributed by atoms with Crippen LogP contribution in [-0.2, 0) is 0 Å². The number of methoxy groups -OCH3 is 2. The predicted octanol–water partition coefficient (Wildman–Crippen LogP) is 3.06. The molecule has 4 aromatic rings. The minimum atomic E-state index is -0.210. The molecule has 3 heterocycles. The van der Waals surface area contributed by atoms with Crippen molar-refractivity contribution in [1.29, 1.82) is 0 Å². The summed E-state index contributed by atoms with van der Waals surface area (Å²) in [6.45, 7) is 1.90. The Bertz CT molecular complexity index is 1160. The summed E-state index contributed by atoms with van der Waals surface area (Å²) in [5, 5.41) is 8.38. The molecule has 0 spiro atoms. The maximum absolute atomic E-state index is 12.6. The number of aryl methyl sites for hydroxylation is 1. The van der Waals surface area contributed by atoms with Gasteiger partial charge in [-0.3, -0.25) is 14.9 Å². The molecule has 4 rings (SSSR count). The first kappa shape index (κ1) is 15.2. The molecule has 1 aromatic carbocycles. The molecule has 7 nitrogen and oxygen atoms in total. The lowest BCUT2D eigenvalue weighted by molar-refractivity contribution is 0.396. The zero-order valence-corrected chi connectivity index (χ0v) is 13.9. The maximum atomic E-state index is 12.6. The van der Waals surface area contributed by atoms with Gasteiger partial charge in [0.15, 0.2) is 11.2 Å². The van der Waals surface area contributed by atoms with Crippen molar-refractivity contribution in [1.82, 2.24) is 15.2 Å². The first-order chi connectivity index (χ1) is 12.1. The second kappa shape index (κ2) is 5.62. The molecule has 0 aliphatic rings. The Morgan fingerprint density at radius 2 is 1.96 bits per heavy atom. The smallest absolute Gasteiger partial charge is 0.197 e. The Balaban J connectivity index is 1.96. The van der Waals surface area contributed by atoms with Gasteiger partial charge >= 0.3 is 0 Å². The molecule has 25 heavy (non-hydrogen) atoms. The van der Waals surface area contributed by atoms with Crippen LogP contribution in [0.15, 0.2) is 39.7 Å². The Morgan fingerprint density at radius 1 is 1.12 bits per heavy atom. The van der Waals surface area contributed by atoms with Crippen LogP contribution < -0.4 is 14.9 Å². The predicted molar refractivity (Wildman–Crippen MR) is 93.2 cm³/mol. The number of aromatic amines is 1. The van der Waals surface area contributed by atoms with Crippen LogP contribution in [0, 0.1) is 6.92 Å². The minimum Gasteiger partial charge on any atom is -0.496 e. The summed E-state index contributed by atoms with van der Waals surface area (Å²) in [5.74, 6) is 1.31. The van der Waals surface area contributed by atoms with Gasteiger partial charge in [-0.2, -0.15) is 5.10 Å². The van der Waals surface area contributed by atoms with E-state index in [4.69, 9.17) is 13.9 Å². The van der Waals surface area contributed by atoms with Crippen LogP contribution in [0.3, 0.4) is 0 Å². The SMILES string of the molecule is COc1cc(OC)c2c(=O)cc(-c3cc4[nH]nc(C)c4cn3)oc2c1. The van der Waals surface area contributed by atoms with E-state index in [1.165, 1.54) is 13.2 Å². The van der Waals surface area contributed by atoms with E-state index in [1.54, 1.807) is 31.5 Å². The number of H-pyrrole nitrogens is 1. The molecule has 0 saturated heterocycles. The van der Waals surface area contributed by atoms with Gasteiger partial charge in [0.2, 0.25) is 0 Å². The molecular weight excluding hydrogens is 322 g/mol. The van der Waals surface area contributed by atoms with Crippen LogP contribution in [0.4, 0.5) is 0 Å². The quantitative estimate of drug-likeness (QED) is 0.618. The van der Waals surface area contributed by atoms with Crippen LogP contribution in [-0.4, -0.2) is 29.4 Å². The maximum Gasteiger partial charge on any atom is 0.197 e. The van der Waals surface area contributed by atoms with Crippen molar-refractivity contribution in [3.63, 3.8) is 0 Å². The standard InChI is InChI=1S/C18H15N3O4/c1-9-11-8-19-13(6-12(11)21-20-9)15-7-14(22)18-16(24-3)4-10(23-2)5-17(18)25-15/h4-8H,1-3H3,(H,20,21). The number of fused-ring (bicyclic) bond motifs is 2. The fourth-order valence-corrected chi connectivity index (χ4v) is 2.81. The van der Waals surface area contributed by atoms with E-state index in [0.29, 0.717) is 33.9 Å². The number of hydrogen-bond donors (Lipinski definition) is 1. The van der Waals surface area contributed by atoms with Crippen LogP contribution in [0.5, 0.6) is 11.5 Å². The van der Waals surface area contributed by atoms with Crippen LogP contribution in [0.2, 0.25) is 0 Å². The van der Waals surface area contributed by atoms with E-state index >= 15 is 0 Å². The molecule has 0 amide bonds. The first-order valence-electron chi connectivity index (χ1n) is 7.61. The number of nitrogens with zero attached hydrogens (tertiary/aromatic N) is 2. The Hall–Kier alpha value is -3.35. The van der Waals surface area contributed by atoms with E-state index in [0.717, 1.165) is 16.6 Å². The highest BCUT2D eigenvalue weighted by Crippen LogP contribution is 2.31. The van der Waals surface area contributed by atoms with Crippen molar-refractivity contribution in [2.24, 2.45) is 0 Å². The van der Waals surface area contributed by atoms with E-state index in [2.05, 4.69) is 15.2 Å². The number of hydrogen-bond acceptors (Lipinski definition) is 6. The Kier molecular flexibility index (Phi) is 3.42. The third kappa shape index (κ3) is 2.40. The average Bonchev–Trinajstić information content (AvgIpc) is 3.00. The minimum absolute atomic E-state index is 0.210. The highest BCUT2D eigenvalue weighted by Gasteiger charge is 2.15. The zero-order valence-electron chi connectivity index (χ0n) is 13.9. The number of nitrogens with one attached hydrogen (secondary N) is 1. The van der Waals surface area contributed by atoms with Gasteiger partial charge in [0.1, 0.15) is 28.2 Å². The molecule has 0 fully saturated rings. The van der Waals surface area contributed by atoms with Crippen LogP contribution in [0.1, 0.15) is 5.69 Å². The summed E-state index contributed by atoms with van der Waals surface area (Å²) in [6, 6.07) is 6.52. The molecule has 0 aliphatic carbocycles. The van der Waals surface area contributed by atoms with Gasteiger partial charge in [-0.25, -0.2) is 0 Å². The van der Waals surface area contributed by atoms with Gasteiger partial charge in [0.25, 0.3) is 0 Å². The molecule has 0 unspecified atom stereocenters. The van der Waals surface area contributed by atoms with Crippen molar-refractivity contribution >= 4 is 21.9 Å². The van der Waals surface area contributed by atoms with Crippen molar-refractivity contribution in [3.05, 3.63) is 46.4 Å². The van der Waals surface area contributed by atoms with Crippen molar-refractivity contribution in [3.8, 4) is 23.0 Å². The summed E-state index contributed by atoms with van der Waals surface area (Å²) < 4.78 is 16.4. The topological polar surface area (TPSA) is 90.2 Å². The largest absolute Gasteiger partial charge is 0.496 e. The molecule has 3 aromatic heterocycles. The van der Waals surface area contributed by atoms with E-state index in [9.17, 15) is 4.79 Å². The number of rotatable bonds is 3. The molecule has 0 aliphatic heterocycles. The van der Waals surface area contributed by atoms with Gasteiger partial charge < -0.3 is 13.9 Å². The Morgan fingerprint density at radius 3 is 2.72 bits per heavy atom. The number of benzene rings is 1. The molecule has 1 N–H and O–H groups in total. The summed E-state index contributed by atoms with van der Waals surface area (Å²) in [5.41, 5.74) is 2.40. The Labute approximate surface area is 142 Å². The molecular formula is C18H15N3O4. The summed E-state index contributed by atoms with van der Waals surface area (Å²) in [4.78, 5) is 17.0. The molecule has 0 bridgehead atoms. The third-order valence-electron chi connectivity index (χ3n) is 4.11. The fourth-order valence-electron chi connectivity index (χ4n) is 2.81. The summed E-state index contributed by atoms with van der Waals surface area (Å²) >= 11 is 0. The van der Waals surface area contributed by atoms with Crippen LogP contribution >= 0.6 is 0 Å². The van der Waals surface area contributed by atoms with Crippen LogP contribution in [0.25, 0.3) is 33.3 Å². The molecule has 126 valence electrons. The average molecular weight is 337 g/mol. The van der Waals surface area contributed by atoms with E-state index in [-0.39, 0.29) is 5.43 Å². The summed E-state index contributed by atoms with van der Waals surface area (Å²) in [7, 11) is 3.04. The molecule has 7 heteroatoms. The van der Waals surface area contributed by atoms with Crippen molar-refractivity contribution < 1.29 is 13.9 Å². The lowest BCUT2D eigenvalue weighted by Crippen LogP contribution is -2.03. The lowest BCUT2D eigenvalue weighted by Gasteiger charge is -2.09. The monoisotopic (exact) mass is 337 g/mol. The van der Waals surface area contributed by atoms with Crippen molar-refractivity contribution in [2.45, 2.75) is 6.92 Å². The highest BCUT2D eigenvalue weighted by molar-refractivity contribution is 5.87.